The predicted octanol–water partition coefficient (Wildman–Crippen LogP) is 3.11. The number of benzene rings is 1. The molecular formula is C13H15F3N2O3. The van der Waals surface area contributed by atoms with E-state index in [1.807, 2.05) is 0 Å². The Labute approximate surface area is 119 Å². The number of amides is 2. The zero-order valence-electron chi connectivity index (χ0n) is 11.5. The van der Waals surface area contributed by atoms with E-state index >= 15 is 0 Å². The van der Waals surface area contributed by atoms with Gasteiger partial charge in [0.05, 0.1) is 12.0 Å². The van der Waals surface area contributed by atoms with Crippen LogP contribution in [0, 0.1) is 6.92 Å². The molecule has 21 heavy (non-hydrogen) atoms. The van der Waals surface area contributed by atoms with Gasteiger partial charge in [-0.1, -0.05) is 0 Å². The number of carbonyl (C=O) groups is 2. The molecule has 0 unspecified atom stereocenters. The van der Waals surface area contributed by atoms with E-state index in [1.165, 1.54) is 25.2 Å². The number of nitrogens with zero attached hydrogens (tertiary/aromatic N) is 1. The first-order valence-corrected chi connectivity index (χ1v) is 6.03. The number of carboxylic acid groups (broad SMARTS) is 1. The first-order valence-electron chi connectivity index (χ1n) is 6.03. The van der Waals surface area contributed by atoms with Crippen LogP contribution in [0.2, 0.25) is 0 Å². The van der Waals surface area contributed by atoms with Crippen LogP contribution in [0.5, 0.6) is 0 Å². The van der Waals surface area contributed by atoms with Gasteiger partial charge < -0.3 is 15.3 Å². The number of aryl methyl sites for hydroxylation is 1. The van der Waals surface area contributed by atoms with Gasteiger partial charge in [-0.15, -0.1) is 0 Å². The van der Waals surface area contributed by atoms with Crippen LogP contribution in [0.25, 0.3) is 0 Å². The van der Waals surface area contributed by atoms with Crippen LogP contribution in [0.1, 0.15) is 22.3 Å². The molecule has 0 bridgehead atoms. The molecule has 0 aliphatic rings. The van der Waals surface area contributed by atoms with Gasteiger partial charge in [0.15, 0.2) is 0 Å². The second-order valence-electron chi connectivity index (χ2n) is 4.55. The molecule has 0 fully saturated rings. The molecule has 116 valence electrons. The maximum absolute atomic E-state index is 12.1. The van der Waals surface area contributed by atoms with Crippen molar-refractivity contribution in [2.75, 3.05) is 18.9 Å². The number of halogens is 3. The third-order valence-electron chi connectivity index (χ3n) is 2.79. The highest BCUT2D eigenvalue weighted by molar-refractivity contribution is 5.92. The molecule has 5 nitrogen and oxygen atoms in total. The molecule has 0 aliphatic heterocycles. The highest BCUT2D eigenvalue weighted by atomic mass is 19.4. The van der Waals surface area contributed by atoms with Gasteiger partial charge in [0, 0.05) is 19.3 Å². The minimum atomic E-state index is -4.33. The lowest BCUT2D eigenvalue weighted by Gasteiger charge is -2.19. The van der Waals surface area contributed by atoms with Gasteiger partial charge in [-0.05, 0) is 30.7 Å². The van der Waals surface area contributed by atoms with E-state index < -0.39 is 31.1 Å². The highest BCUT2D eigenvalue weighted by Gasteiger charge is 2.28. The van der Waals surface area contributed by atoms with Crippen LogP contribution in [0.3, 0.4) is 0 Å². The summed E-state index contributed by atoms with van der Waals surface area (Å²) < 4.78 is 36.2. The van der Waals surface area contributed by atoms with Crippen LogP contribution in [0.15, 0.2) is 18.2 Å². The number of hydrogen-bond acceptors (Lipinski definition) is 2. The number of rotatable bonds is 4. The zero-order valence-corrected chi connectivity index (χ0v) is 11.5. The van der Waals surface area contributed by atoms with E-state index in [-0.39, 0.29) is 5.56 Å². The largest absolute Gasteiger partial charge is 0.478 e. The van der Waals surface area contributed by atoms with E-state index in [4.69, 9.17) is 5.11 Å². The molecule has 0 saturated heterocycles. The lowest BCUT2D eigenvalue weighted by atomic mass is 10.1. The van der Waals surface area contributed by atoms with E-state index in [0.717, 1.165) is 4.90 Å². The van der Waals surface area contributed by atoms with Crippen molar-refractivity contribution in [2.24, 2.45) is 0 Å². The van der Waals surface area contributed by atoms with Crippen LogP contribution in [-0.4, -0.2) is 41.8 Å². The van der Waals surface area contributed by atoms with Crippen molar-refractivity contribution in [3.8, 4) is 0 Å². The topological polar surface area (TPSA) is 69.6 Å². The maximum atomic E-state index is 12.1. The molecule has 1 rings (SSSR count). The Bertz CT molecular complexity index is 544. The number of carbonyl (C=O) groups excluding carboxylic acids is 1. The van der Waals surface area contributed by atoms with Crippen LogP contribution in [0.4, 0.5) is 23.7 Å². The number of hydrogen-bond donors (Lipinski definition) is 2. The van der Waals surface area contributed by atoms with Gasteiger partial charge in [0.2, 0.25) is 0 Å². The molecule has 8 heteroatoms. The Balaban J connectivity index is 2.68. The molecule has 1 aromatic rings. The fourth-order valence-electron chi connectivity index (χ4n) is 1.54. The molecule has 2 N–H and O–H groups in total. The average Bonchev–Trinajstić information content (AvgIpc) is 2.37. The van der Waals surface area contributed by atoms with Gasteiger partial charge in [0.25, 0.3) is 0 Å². The Morgan fingerprint density at radius 3 is 2.43 bits per heavy atom. The van der Waals surface area contributed by atoms with E-state index in [2.05, 4.69) is 5.32 Å². The average molecular weight is 304 g/mol. The summed E-state index contributed by atoms with van der Waals surface area (Å²) in [5.74, 6) is -1.10. The molecule has 0 atom stereocenters. The Morgan fingerprint density at radius 2 is 1.95 bits per heavy atom. The number of nitrogens with one attached hydrogen (secondary N) is 1. The summed E-state index contributed by atoms with van der Waals surface area (Å²) in [5.41, 5.74) is 0.923. The summed E-state index contributed by atoms with van der Waals surface area (Å²) in [5, 5.41) is 11.3. The molecule has 0 saturated carbocycles. The molecule has 0 aromatic heterocycles. The van der Waals surface area contributed by atoms with Crippen LogP contribution in [-0.2, 0) is 0 Å². The van der Waals surface area contributed by atoms with Crippen molar-refractivity contribution in [3.63, 3.8) is 0 Å². The fraction of sp³-hybridized carbons (Fsp3) is 0.385. The molecular weight excluding hydrogens is 289 g/mol. The highest BCUT2D eigenvalue weighted by Crippen LogP contribution is 2.20. The predicted molar refractivity (Wildman–Crippen MR) is 70.5 cm³/mol. The number of carboxylic acids is 1. The van der Waals surface area contributed by atoms with Crippen molar-refractivity contribution >= 4 is 17.7 Å². The summed E-state index contributed by atoms with van der Waals surface area (Å²) in [7, 11) is 1.25. The summed E-state index contributed by atoms with van der Waals surface area (Å²) in [6.07, 6.45) is -5.42. The molecule has 0 heterocycles. The van der Waals surface area contributed by atoms with Crippen LogP contribution < -0.4 is 5.32 Å². The summed E-state index contributed by atoms with van der Waals surface area (Å²) in [4.78, 5) is 23.4. The Hall–Kier alpha value is -2.25. The van der Waals surface area contributed by atoms with Gasteiger partial charge in [-0.3, -0.25) is 0 Å². The fourth-order valence-corrected chi connectivity index (χ4v) is 1.54. The van der Waals surface area contributed by atoms with Gasteiger partial charge in [-0.25, -0.2) is 9.59 Å². The molecule has 2 amide bonds. The zero-order chi connectivity index (χ0) is 16.2. The molecule has 1 aromatic carbocycles. The van der Waals surface area contributed by atoms with Gasteiger partial charge >= 0.3 is 18.2 Å². The quantitative estimate of drug-likeness (QED) is 0.898. The maximum Gasteiger partial charge on any atom is 0.390 e. The van der Waals surface area contributed by atoms with Crippen molar-refractivity contribution in [2.45, 2.75) is 19.5 Å². The Kier molecular flexibility index (Phi) is 5.17. The number of urea groups is 1. The second-order valence-corrected chi connectivity index (χ2v) is 4.55. The Morgan fingerprint density at radius 1 is 1.33 bits per heavy atom. The number of alkyl halides is 3. The summed E-state index contributed by atoms with van der Waals surface area (Å²) >= 11 is 0. The SMILES string of the molecule is Cc1cc(C(=O)O)ccc1NC(=O)N(C)CCC(F)(F)F. The lowest BCUT2D eigenvalue weighted by molar-refractivity contribution is -0.135. The van der Waals surface area contributed by atoms with E-state index in [1.54, 1.807) is 6.92 Å². The molecule has 0 radical (unpaired) electrons. The third kappa shape index (κ3) is 5.33. The number of aromatic carboxylic acids is 1. The minimum absolute atomic E-state index is 0.0657. The van der Waals surface area contributed by atoms with Gasteiger partial charge in [-0.2, -0.15) is 13.2 Å². The number of anilines is 1. The van der Waals surface area contributed by atoms with Crippen LogP contribution >= 0.6 is 0 Å². The van der Waals surface area contributed by atoms with Crippen molar-refractivity contribution in [3.05, 3.63) is 29.3 Å². The second kappa shape index (κ2) is 6.47. The summed E-state index contributed by atoms with van der Waals surface area (Å²) in [6, 6.07) is 3.38. The van der Waals surface area contributed by atoms with Gasteiger partial charge in [0.1, 0.15) is 0 Å². The third-order valence-corrected chi connectivity index (χ3v) is 2.79. The lowest BCUT2D eigenvalue weighted by Crippen LogP contribution is -2.34. The van der Waals surface area contributed by atoms with Crippen molar-refractivity contribution in [1.82, 2.24) is 4.90 Å². The van der Waals surface area contributed by atoms with E-state index in [0.29, 0.717) is 11.3 Å². The molecule has 0 spiro atoms. The first-order chi connectivity index (χ1) is 9.60. The minimum Gasteiger partial charge on any atom is -0.478 e. The van der Waals surface area contributed by atoms with Crippen molar-refractivity contribution in [1.29, 1.82) is 0 Å². The van der Waals surface area contributed by atoms with E-state index in [9.17, 15) is 22.8 Å². The first kappa shape index (κ1) is 16.8. The standard InChI is InChI=1S/C13H15F3N2O3/c1-8-7-9(11(19)20)3-4-10(8)17-12(21)18(2)6-5-13(14,15)16/h3-4,7H,5-6H2,1-2H3,(H,17,21)(H,19,20). The van der Waals surface area contributed by atoms with Crippen molar-refractivity contribution < 1.29 is 27.9 Å². The smallest absolute Gasteiger partial charge is 0.390 e. The normalized spacial score (nSPS) is 11.1. The molecule has 0 aliphatic carbocycles. The summed E-state index contributed by atoms with van der Waals surface area (Å²) in [6.45, 7) is 1.14. The monoisotopic (exact) mass is 304 g/mol.